The van der Waals surface area contributed by atoms with Crippen molar-refractivity contribution in [1.29, 1.82) is 0 Å². The fourth-order valence-electron chi connectivity index (χ4n) is 4.05. The van der Waals surface area contributed by atoms with Gasteiger partial charge in [0.25, 0.3) is 5.91 Å². The van der Waals surface area contributed by atoms with E-state index in [9.17, 15) is 4.79 Å². The van der Waals surface area contributed by atoms with Crippen LogP contribution in [0, 0.1) is 0 Å². The fraction of sp³-hybridized carbons (Fsp3) is 0.500. The average Bonchev–Trinajstić information content (AvgIpc) is 3.27. The average molecular weight is 396 g/mol. The Bertz CT molecular complexity index is 825. The van der Waals surface area contributed by atoms with Gasteiger partial charge in [0.05, 0.1) is 12.2 Å². The van der Waals surface area contributed by atoms with E-state index in [1.807, 2.05) is 49.1 Å². The summed E-state index contributed by atoms with van der Waals surface area (Å²) in [6, 6.07) is 9.80. The second-order valence-electron chi connectivity index (χ2n) is 7.97. The minimum absolute atomic E-state index is 0.0672. The maximum absolute atomic E-state index is 12.8. The third-order valence-electron chi connectivity index (χ3n) is 5.46. The number of carbonyl (C=O) groups excluding carboxylic acids is 1. The Balaban J connectivity index is 1.35. The molecule has 7 heteroatoms. The lowest BCUT2D eigenvalue weighted by atomic mass is 10.1. The summed E-state index contributed by atoms with van der Waals surface area (Å²) in [6.45, 7) is 8.06. The Morgan fingerprint density at radius 3 is 2.48 bits per heavy atom. The summed E-state index contributed by atoms with van der Waals surface area (Å²) in [4.78, 5) is 25.7. The molecule has 2 aromatic rings. The highest BCUT2D eigenvalue weighted by molar-refractivity contribution is 5.94. The van der Waals surface area contributed by atoms with Crippen LogP contribution in [0.2, 0.25) is 0 Å². The molecule has 0 bridgehead atoms. The Labute approximate surface area is 172 Å². The summed E-state index contributed by atoms with van der Waals surface area (Å²) in [5.74, 6) is 1.87. The maximum atomic E-state index is 12.8. The first-order chi connectivity index (χ1) is 14.1. The second-order valence-corrected chi connectivity index (χ2v) is 7.97. The molecule has 2 aliphatic heterocycles. The van der Waals surface area contributed by atoms with Crippen molar-refractivity contribution < 1.29 is 9.53 Å². The quantitative estimate of drug-likeness (QED) is 0.839. The fourth-order valence-corrected chi connectivity index (χ4v) is 4.05. The van der Waals surface area contributed by atoms with E-state index in [-0.39, 0.29) is 18.1 Å². The highest BCUT2D eigenvalue weighted by Crippen LogP contribution is 2.20. The van der Waals surface area contributed by atoms with Crippen LogP contribution in [0.4, 0.5) is 11.6 Å². The molecule has 154 valence electrons. The van der Waals surface area contributed by atoms with Gasteiger partial charge in [0, 0.05) is 44.4 Å². The zero-order valence-electron chi connectivity index (χ0n) is 17.2. The molecule has 0 radical (unpaired) electrons. The molecule has 2 unspecified atom stereocenters. The second kappa shape index (κ2) is 8.78. The number of aromatic nitrogens is 2. The van der Waals surface area contributed by atoms with Crippen molar-refractivity contribution in [1.82, 2.24) is 14.9 Å². The SMILES string of the molecule is CC1CN(C(=O)c2ccc(CNc3cc(N4CCCC4)ncn3)cc2)CC(C)O1. The summed E-state index contributed by atoms with van der Waals surface area (Å²) in [5.41, 5.74) is 1.82. The molecule has 1 amide bonds. The number of rotatable bonds is 5. The summed E-state index contributed by atoms with van der Waals surface area (Å²) in [5, 5.41) is 3.36. The normalized spacial score (nSPS) is 22.0. The van der Waals surface area contributed by atoms with Gasteiger partial charge in [-0.3, -0.25) is 4.79 Å². The molecule has 1 N–H and O–H groups in total. The van der Waals surface area contributed by atoms with Gasteiger partial charge in [0.2, 0.25) is 0 Å². The zero-order chi connectivity index (χ0) is 20.2. The first kappa shape index (κ1) is 19.6. The summed E-state index contributed by atoms with van der Waals surface area (Å²) in [7, 11) is 0. The molecule has 2 aliphatic rings. The van der Waals surface area contributed by atoms with Crippen LogP contribution in [0.3, 0.4) is 0 Å². The van der Waals surface area contributed by atoms with Gasteiger partial charge >= 0.3 is 0 Å². The number of carbonyl (C=O) groups is 1. The molecule has 2 saturated heterocycles. The monoisotopic (exact) mass is 395 g/mol. The van der Waals surface area contributed by atoms with Crippen LogP contribution in [0.1, 0.15) is 42.6 Å². The van der Waals surface area contributed by atoms with Gasteiger partial charge in [-0.2, -0.15) is 0 Å². The first-order valence-electron chi connectivity index (χ1n) is 10.4. The van der Waals surface area contributed by atoms with Crippen molar-refractivity contribution in [3.8, 4) is 0 Å². The molecule has 1 aromatic heterocycles. The number of morpholine rings is 1. The highest BCUT2D eigenvalue weighted by atomic mass is 16.5. The van der Waals surface area contributed by atoms with E-state index in [1.54, 1.807) is 6.33 Å². The van der Waals surface area contributed by atoms with Gasteiger partial charge in [-0.15, -0.1) is 0 Å². The minimum atomic E-state index is 0.0672. The highest BCUT2D eigenvalue weighted by Gasteiger charge is 2.26. The predicted octanol–water partition coefficient (Wildman–Crippen LogP) is 2.94. The van der Waals surface area contributed by atoms with E-state index < -0.39 is 0 Å². The lowest BCUT2D eigenvalue weighted by Crippen LogP contribution is -2.48. The molecule has 0 spiro atoms. The topological polar surface area (TPSA) is 70.6 Å². The lowest BCUT2D eigenvalue weighted by molar-refractivity contribution is -0.0586. The number of ether oxygens (including phenoxy) is 1. The number of amides is 1. The van der Waals surface area contributed by atoms with Gasteiger partial charge in [0.1, 0.15) is 18.0 Å². The Kier molecular flexibility index (Phi) is 5.94. The Morgan fingerprint density at radius 1 is 1.10 bits per heavy atom. The van der Waals surface area contributed by atoms with E-state index in [0.717, 1.165) is 30.3 Å². The van der Waals surface area contributed by atoms with Gasteiger partial charge < -0.3 is 19.9 Å². The molecule has 1 aromatic carbocycles. The maximum Gasteiger partial charge on any atom is 0.254 e. The van der Waals surface area contributed by atoms with E-state index in [1.165, 1.54) is 12.8 Å². The molecule has 2 fully saturated rings. The van der Waals surface area contributed by atoms with Gasteiger partial charge in [-0.05, 0) is 44.4 Å². The summed E-state index contributed by atoms with van der Waals surface area (Å²) in [6.07, 6.45) is 4.21. The number of benzene rings is 1. The number of nitrogens with zero attached hydrogens (tertiary/aromatic N) is 4. The van der Waals surface area contributed by atoms with E-state index in [4.69, 9.17) is 4.74 Å². The molecule has 29 heavy (non-hydrogen) atoms. The smallest absolute Gasteiger partial charge is 0.254 e. The van der Waals surface area contributed by atoms with E-state index >= 15 is 0 Å². The minimum Gasteiger partial charge on any atom is -0.372 e. The molecule has 7 nitrogen and oxygen atoms in total. The van der Waals surface area contributed by atoms with Gasteiger partial charge in [-0.25, -0.2) is 9.97 Å². The van der Waals surface area contributed by atoms with E-state index in [0.29, 0.717) is 25.2 Å². The van der Waals surface area contributed by atoms with Crippen molar-refractivity contribution in [2.24, 2.45) is 0 Å². The van der Waals surface area contributed by atoms with Crippen molar-refractivity contribution in [3.05, 3.63) is 47.8 Å². The van der Waals surface area contributed by atoms with Crippen LogP contribution in [0.25, 0.3) is 0 Å². The molecular weight excluding hydrogens is 366 g/mol. The standard InChI is InChI=1S/C22H29N5O2/c1-16-13-27(14-17(2)29-16)22(28)19-7-5-18(6-8-19)12-23-20-11-21(25-15-24-20)26-9-3-4-10-26/h5-8,11,15-17H,3-4,9-10,12-14H2,1-2H3,(H,23,24,25). The van der Waals surface area contributed by atoms with Crippen LogP contribution in [0.15, 0.2) is 36.7 Å². The van der Waals surface area contributed by atoms with Crippen molar-refractivity contribution in [3.63, 3.8) is 0 Å². The van der Waals surface area contributed by atoms with Crippen molar-refractivity contribution in [2.75, 3.05) is 36.4 Å². The zero-order valence-corrected chi connectivity index (χ0v) is 17.2. The van der Waals surface area contributed by atoms with Crippen LogP contribution < -0.4 is 10.2 Å². The van der Waals surface area contributed by atoms with Crippen molar-refractivity contribution >= 4 is 17.5 Å². The third-order valence-corrected chi connectivity index (χ3v) is 5.46. The van der Waals surface area contributed by atoms with Crippen molar-refractivity contribution in [2.45, 2.75) is 45.4 Å². The summed E-state index contributed by atoms with van der Waals surface area (Å²) >= 11 is 0. The summed E-state index contributed by atoms with van der Waals surface area (Å²) < 4.78 is 5.72. The molecule has 2 atom stereocenters. The third kappa shape index (κ3) is 4.85. The number of hydrogen-bond acceptors (Lipinski definition) is 6. The Hall–Kier alpha value is -2.67. The largest absolute Gasteiger partial charge is 0.372 e. The number of hydrogen-bond donors (Lipinski definition) is 1. The van der Waals surface area contributed by atoms with Crippen LogP contribution in [-0.2, 0) is 11.3 Å². The molecule has 0 saturated carbocycles. The molecule has 3 heterocycles. The van der Waals surface area contributed by atoms with Crippen LogP contribution >= 0.6 is 0 Å². The molecule has 0 aliphatic carbocycles. The van der Waals surface area contributed by atoms with Crippen LogP contribution in [0.5, 0.6) is 0 Å². The molecular formula is C22H29N5O2. The number of anilines is 2. The first-order valence-corrected chi connectivity index (χ1v) is 10.4. The van der Waals surface area contributed by atoms with Gasteiger partial charge in [0.15, 0.2) is 0 Å². The van der Waals surface area contributed by atoms with Crippen LogP contribution in [-0.4, -0.2) is 59.2 Å². The van der Waals surface area contributed by atoms with E-state index in [2.05, 4.69) is 20.2 Å². The van der Waals surface area contributed by atoms with Gasteiger partial charge in [-0.1, -0.05) is 12.1 Å². The Morgan fingerprint density at radius 2 is 1.79 bits per heavy atom. The lowest BCUT2D eigenvalue weighted by Gasteiger charge is -2.35. The number of nitrogens with one attached hydrogen (secondary N) is 1. The molecule has 4 rings (SSSR count). The predicted molar refractivity (Wildman–Crippen MR) is 113 cm³/mol.